The Morgan fingerprint density at radius 3 is 2.54 bits per heavy atom. The smallest absolute Gasteiger partial charge is 0.264 e. The number of anilines is 2. The third kappa shape index (κ3) is 3.72. The molecule has 2 heterocycles. The summed E-state index contributed by atoms with van der Waals surface area (Å²) in [6.07, 6.45) is 1.86. The second-order valence-electron chi connectivity index (χ2n) is 6.76. The van der Waals surface area contributed by atoms with Crippen molar-refractivity contribution >= 4 is 21.5 Å². The maximum atomic E-state index is 11.5. The standard InChI is InChI=1S/C21H20N2O4S/c1-15-9-10-21-19(14-15)23(18-7-2-3-8-20(18)27-21)17(11-13-28(24,25)26)16-6-4-5-12-22-16/h2-10,12,14,17H,11,13H2,1H3,(H,24,25,26). The molecule has 1 aromatic heterocycles. The summed E-state index contributed by atoms with van der Waals surface area (Å²) in [5.74, 6) is 1.01. The molecular weight excluding hydrogens is 376 g/mol. The molecule has 6 nitrogen and oxygen atoms in total. The van der Waals surface area contributed by atoms with E-state index >= 15 is 0 Å². The first-order valence-electron chi connectivity index (χ1n) is 8.95. The molecule has 0 saturated carbocycles. The zero-order chi connectivity index (χ0) is 19.7. The van der Waals surface area contributed by atoms with Gasteiger partial charge in [0.2, 0.25) is 0 Å². The first-order valence-corrected chi connectivity index (χ1v) is 10.6. The van der Waals surface area contributed by atoms with E-state index in [9.17, 15) is 13.0 Å². The van der Waals surface area contributed by atoms with Crippen LogP contribution in [0.1, 0.15) is 23.7 Å². The van der Waals surface area contributed by atoms with Gasteiger partial charge in [0.1, 0.15) is 0 Å². The van der Waals surface area contributed by atoms with E-state index < -0.39 is 16.2 Å². The lowest BCUT2D eigenvalue weighted by Gasteiger charge is -2.38. The van der Waals surface area contributed by atoms with Crippen molar-refractivity contribution in [2.75, 3.05) is 10.7 Å². The Morgan fingerprint density at radius 2 is 1.79 bits per heavy atom. The van der Waals surface area contributed by atoms with Crippen LogP contribution in [0.4, 0.5) is 11.4 Å². The van der Waals surface area contributed by atoms with Crippen LogP contribution in [-0.4, -0.2) is 23.7 Å². The number of benzene rings is 2. The Morgan fingerprint density at radius 1 is 1.04 bits per heavy atom. The number of nitrogens with zero attached hydrogens (tertiary/aromatic N) is 2. The minimum absolute atomic E-state index is 0.178. The summed E-state index contributed by atoms with van der Waals surface area (Å²) >= 11 is 0. The molecule has 1 aliphatic rings. The average molecular weight is 396 g/mol. The molecule has 4 rings (SSSR count). The van der Waals surface area contributed by atoms with Gasteiger partial charge in [-0.1, -0.05) is 24.3 Å². The summed E-state index contributed by atoms with van der Waals surface area (Å²) in [5.41, 5.74) is 3.44. The number of fused-ring (bicyclic) bond motifs is 2. The van der Waals surface area contributed by atoms with Crippen molar-refractivity contribution in [3.05, 3.63) is 78.1 Å². The van der Waals surface area contributed by atoms with E-state index in [1.807, 2.05) is 67.6 Å². The molecule has 144 valence electrons. The van der Waals surface area contributed by atoms with Gasteiger partial charge < -0.3 is 9.64 Å². The molecule has 0 bridgehead atoms. The Bertz CT molecular complexity index is 1100. The van der Waals surface area contributed by atoms with Gasteiger partial charge in [-0.15, -0.1) is 0 Å². The molecule has 0 fully saturated rings. The number of aryl methyl sites for hydroxylation is 1. The number of pyridine rings is 1. The van der Waals surface area contributed by atoms with E-state index in [2.05, 4.69) is 9.88 Å². The summed E-state index contributed by atoms with van der Waals surface area (Å²) in [6.45, 7) is 1.99. The Kier molecular flexibility index (Phi) is 4.78. The molecule has 0 saturated heterocycles. The van der Waals surface area contributed by atoms with E-state index in [1.54, 1.807) is 6.20 Å². The van der Waals surface area contributed by atoms with E-state index in [0.29, 0.717) is 11.5 Å². The van der Waals surface area contributed by atoms with Gasteiger partial charge in [0.05, 0.1) is 28.9 Å². The fourth-order valence-electron chi connectivity index (χ4n) is 3.47. The van der Waals surface area contributed by atoms with Crippen molar-refractivity contribution in [2.45, 2.75) is 19.4 Å². The number of hydrogen-bond donors (Lipinski definition) is 1. The molecule has 1 unspecified atom stereocenters. The Labute approximate surface area is 164 Å². The first-order chi connectivity index (χ1) is 13.4. The summed E-state index contributed by atoms with van der Waals surface area (Å²) in [7, 11) is -4.11. The van der Waals surface area contributed by atoms with Crippen LogP contribution in [0, 0.1) is 6.92 Å². The van der Waals surface area contributed by atoms with E-state index in [1.165, 1.54) is 0 Å². The number of ether oxygens (including phenoxy) is 1. The maximum Gasteiger partial charge on any atom is 0.264 e. The lowest BCUT2D eigenvalue weighted by atomic mass is 10.0. The maximum absolute atomic E-state index is 11.5. The highest BCUT2D eigenvalue weighted by Crippen LogP contribution is 2.50. The van der Waals surface area contributed by atoms with E-state index in [0.717, 1.165) is 22.6 Å². The molecule has 7 heteroatoms. The monoisotopic (exact) mass is 396 g/mol. The number of hydrogen-bond acceptors (Lipinski definition) is 5. The summed E-state index contributed by atoms with van der Waals surface area (Å²) in [6, 6.07) is 18.7. The van der Waals surface area contributed by atoms with Crippen molar-refractivity contribution < 1.29 is 17.7 Å². The second kappa shape index (κ2) is 7.26. The molecule has 0 amide bonds. The fourth-order valence-corrected chi connectivity index (χ4v) is 3.99. The molecule has 0 radical (unpaired) electrons. The third-order valence-electron chi connectivity index (χ3n) is 4.71. The van der Waals surface area contributed by atoms with Gasteiger partial charge in [-0.2, -0.15) is 8.42 Å². The molecule has 1 aliphatic heterocycles. The molecule has 28 heavy (non-hydrogen) atoms. The van der Waals surface area contributed by atoms with Crippen LogP contribution >= 0.6 is 0 Å². The fraction of sp³-hybridized carbons (Fsp3) is 0.190. The Hall–Kier alpha value is -2.90. The van der Waals surface area contributed by atoms with Gasteiger partial charge in [0.25, 0.3) is 10.1 Å². The molecule has 1 N–H and O–H groups in total. The SMILES string of the molecule is Cc1ccc2c(c1)N(C(CCS(=O)(=O)O)c1ccccn1)c1ccccc1O2. The van der Waals surface area contributed by atoms with Crippen LogP contribution in [-0.2, 0) is 10.1 Å². The van der Waals surface area contributed by atoms with E-state index in [-0.39, 0.29) is 12.2 Å². The summed E-state index contributed by atoms with van der Waals surface area (Å²) in [4.78, 5) is 6.51. The predicted octanol–water partition coefficient (Wildman–Crippen LogP) is 4.65. The van der Waals surface area contributed by atoms with Gasteiger partial charge in [-0.3, -0.25) is 9.54 Å². The quantitative estimate of drug-likeness (QED) is 0.632. The van der Waals surface area contributed by atoms with Crippen molar-refractivity contribution in [1.82, 2.24) is 4.98 Å². The highest BCUT2D eigenvalue weighted by Gasteiger charge is 2.32. The van der Waals surface area contributed by atoms with Crippen molar-refractivity contribution in [3.63, 3.8) is 0 Å². The largest absolute Gasteiger partial charge is 0.453 e. The van der Waals surface area contributed by atoms with Crippen molar-refractivity contribution in [3.8, 4) is 11.5 Å². The average Bonchev–Trinajstić information content (AvgIpc) is 2.67. The predicted molar refractivity (Wildman–Crippen MR) is 108 cm³/mol. The van der Waals surface area contributed by atoms with E-state index in [4.69, 9.17) is 4.74 Å². The molecule has 0 spiro atoms. The van der Waals surface area contributed by atoms with Crippen LogP contribution < -0.4 is 9.64 Å². The summed E-state index contributed by atoms with van der Waals surface area (Å²) < 4.78 is 38.4. The molecule has 2 aromatic carbocycles. The summed E-state index contributed by atoms with van der Waals surface area (Å²) in [5, 5.41) is 0. The highest BCUT2D eigenvalue weighted by atomic mass is 32.2. The van der Waals surface area contributed by atoms with Crippen LogP contribution in [0.15, 0.2) is 66.9 Å². The van der Waals surface area contributed by atoms with Gasteiger partial charge in [0.15, 0.2) is 11.5 Å². The first kappa shape index (κ1) is 18.5. The highest BCUT2D eigenvalue weighted by molar-refractivity contribution is 7.85. The van der Waals surface area contributed by atoms with Crippen molar-refractivity contribution in [2.24, 2.45) is 0 Å². The Balaban J connectivity index is 1.88. The number of rotatable bonds is 5. The van der Waals surface area contributed by atoms with Crippen LogP contribution in [0.25, 0.3) is 0 Å². The minimum atomic E-state index is -4.11. The van der Waals surface area contributed by atoms with Gasteiger partial charge >= 0.3 is 0 Å². The lowest BCUT2D eigenvalue weighted by molar-refractivity contribution is 0.460. The van der Waals surface area contributed by atoms with Crippen LogP contribution in [0.3, 0.4) is 0 Å². The third-order valence-corrected chi connectivity index (χ3v) is 5.46. The second-order valence-corrected chi connectivity index (χ2v) is 8.33. The number of para-hydroxylation sites is 2. The normalized spacial score (nSPS) is 14.0. The van der Waals surface area contributed by atoms with Crippen LogP contribution in [0.2, 0.25) is 0 Å². The zero-order valence-corrected chi connectivity index (χ0v) is 16.1. The number of aromatic nitrogens is 1. The minimum Gasteiger partial charge on any atom is -0.453 e. The molecule has 3 aromatic rings. The van der Waals surface area contributed by atoms with Gasteiger partial charge in [-0.25, -0.2) is 0 Å². The van der Waals surface area contributed by atoms with Gasteiger partial charge in [0, 0.05) is 6.20 Å². The topological polar surface area (TPSA) is 79.7 Å². The lowest BCUT2D eigenvalue weighted by Crippen LogP contribution is -2.29. The molecule has 1 atom stereocenters. The molecular formula is C21H20N2O4S. The van der Waals surface area contributed by atoms with Crippen molar-refractivity contribution in [1.29, 1.82) is 0 Å². The molecule has 0 aliphatic carbocycles. The van der Waals surface area contributed by atoms with Crippen LogP contribution in [0.5, 0.6) is 11.5 Å². The van der Waals surface area contributed by atoms with Gasteiger partial charge in [-0.05, 0) is 55.3 Å². The zero-order valence-electron chi connectivity index (χ0n) is 15.3.